The highest BCUT2D eigenvalue weighted by Gasteiger charge is 2.33. The van der Waals surface area contributed by atoms with Gasteiger partial charge in [0.15, 0.2) is 0 Å². The Morgan fingerprint density at radius 1 is 1.14 bits per heavy atom. The molecule has 0 aromatic heterocycles. The minimum absolute atomic E-state index is 0.284. The summed E-state index contributed by atoms with van der Waals surface area (Å²) < 4.78 is 17.2. The van der Waals surface area contributed by atoms with Gasteiger partial charge in [0, 0.05) is 63.6 Å². The van der Waals surface area contributed by atoms with Gasteiger partial charge < -0.3 is 24.0 Å². The molecule has 202 valence electrons. The van der Waals surface area contributed by atoms with Gasteiger partial charge in [0.25, 0.3) is 0 Å². The van der Waals surface area contributed by atoms with Gasteiger partial charge in [0.2, 0.25) is 0 Å². The molecule has 37 heavy (non-hydrogen) atoms. The monoisotopic (exact) mass is 508 g/mol. The molecule has 1 fully saturated rings. The number of para-hydroxylation sites is 2. The van der Waals surface area contributed by atoms with Gasteiger partial charge in [-0.25, -0.2) is 0 Å². The normalized spacial score (nSPS) is 22.6. The van der Waals surface area contributed by atoms with Crippen LogP contribution in [0.5, 0.6) is 5.75 Å². The molecule has 7 nitrogen and oxygen atoms in total. The maximum absolute atomic E-state index is 6.08. The second-order valence-corrected chi connectivity index (χ2v) is 10.2. The van der Waals surface area contributed by atoms with Crippen LogP contribution in [0.1, 0.15) is 33.6 Å². The molecule has 3 heterocycles. The number of hydrogen-bond acceptors (Lipinski definition) is 7. The van der Waals surface area contributed by atoms with Crippen molar-refractivity contribution in [2.75, 3.05) is 71.7 Å². The number of fused-ring (bicyclic) bond motifs is 2. The minimum atomic E-state index is 0.284. The summed E-state index contributed by atoms with van der Waals surface area (Å²) in [6.07, 6.45) is 8.70. The Balaban J connectivity index is 0.000000186. The van der Waals surface area contributed by atoms with Gasteiger partial charge in [-0.3, -0.25) is 9.89 Å². The number of aliphatic imine (C=N–C) groups is 1. The number of piperazine rings is 1. The van der Waals surface area contributed by atoms with Crippen LogP contribution in [0.25, 0.3) is 0 Å². The van der Waals surface area contributed by atoms with E-state index in [1.807, 2.05) is 18.3 Å². The Labute approximate surface area is 223 Å². The van der Waals surface area contributed by atoms with Crippen LogP contribution in [0.4, 0.5) is 5.69 Å². The first-order valence-electron chi connectivity index (χ1n) is 13.7. The molecular weight excluding hydrogens is 464 g/mol. The summed E-state index contributed by atoms with van der Waals surface area (Å²) in [7, 11) is 3.90. The smallest absolute Gasteiger partial charge is 0.147 e. The van der Waals surface area contributed by atoms with Gasteiger partial charge in [-0.1, -0.05) is 36.8 Å². The van der Waals surface area contributed by atoms with Crippen LogP contribution in [0.3, 0.4) is 0 Å². The average molecular weight is 509 g/mol. The van der Waals surface area contributed by atoms with Crippen molar-refractivity contribution in [2.45, 2.75) is 39.7 Å². The van der Waals surface area contributed by atoms with Crippen LogP contribution in [0.15, 0.2) is 64.5 Å². The molecule has 4 aliphatic rings. The molecule has 0 N–H and O–H groups in total. The highest BCUT2D eigenvalue weighted by molar-refractivity contribution is 6.05. The van der Waals surface area contributed by atoms with E-state index in [4.69, 9.17) is 14.2 Å². The van der Waals surface area contributed by atoms with Crippen LogP contribution in [0.2, 0.25) is 0 Å². The Kier molecular flexibility index (Phi) is 9.83. The maximum Gasteiger partial charge on any atom is 0.147 e. The van der Waals surface area contributed by atoms with Crippen molar-refractivity contribution < 1.29 is 14.2 Å². The first kappa shape index (κ1) is 27.4. The number of rotatable bonds is 7. The zero-order chi connectivity index (χ0) is 26.2. The third kappa shape index (κ3) is 6.83. The molecular formula is C30H44N4O3. The molecule has 1 saturated heterocycles. The van der Waals surface area contributed by atoms with Gasteiger partial charge in [-0.15, -0.1) is 0 Å². The van der Waals surface area contributed by atoms with Crippen molar-refractivity contribution in [3.63, 3.8) is 0 Å². The van der Waals surface area contributed by atoms with Crippen molar-refractivity contribution in [1.82, 2.24) is 9.80 Å². The zero-order valence-corrected chi connectivity index (χ0v) is 23.3. The number of benzene rings is 1. The molecule has 3 aliphatic heterocycles. The molecule has 1 aromatic rings. The molecule has 1 aliphatic carbocycles. The van der Waals surface area contributed by atoms with E-state index in [2.05, 4.69) is 71.8 Å². The minimum Gasteiger partial charge on any atom is -0.495 e. The van der Waals surface area contributed by atoms with Crippen molar-refractivity contribution >= 4 is 11.4 Å². The van der Waals surface area contributed by atoms with E-state index in [1.165, 1.54) is 16.8 Å². The van der Waals surface area contributed by atoms with Crippen molar-refractivity contribution in [3.05, 3.63) is 59.5 Å². The summed E-state index contributed by atoms with van der Waals surface area (Å²) in [5.41, 5.74) is 4.99. The lowest BCUT2D eigenvalue weighted by Crippen LogP contribution is -2.44. The molecule has 7 heteroatoms. The number of ether oxygens (including phenoxy) is 3. The van der Waals surface area contributed by atoms with E-state index in [0.29, 0.717) is 12.6 Å². The highest BCUT2D eigenvalue weighted by Crippen LogP contribution is 2.34. The lowest BCUT2D eigenvalue weighted by atomic mass is 9.82. The lowest BCUT2D eigenvalue weighted by molar-refractivity contribution is -0.00442. The highest BCUT2D eigenvalue weighted by atomic mass is 16.5. The summed E-state index contributed by atoms with van der Waals surface area (Å²) in [6, 6.07) is 8.23. The van der Waals surface area contributed by atoms with Crippen molar-refractivity contribution in [3.8, 4) is 5.75 Å². The fourth-order valence-corrected chi connectivity index (χ4v) is 5.36. The largest absolute Gasteiger partial charge is 0.495 e. The zero-order valence-electron chi connectivity index (χ0n) is 23.3. The molecule has 2 unspecified atom stereocenters. The van der Waals surface area contributed by atoms with Crippen molar-refractivity contribution in [2.24, 2.45) is 10.9 Å². The number of anilines is 1. The van der Waals surface area contributed by atoms with E-state index < -0.39 is 0 Å². The topological polar surface area (TPSA) is 49.8 Å². The number of nitrogens with zero attached hydrogens (tertiary/aromatic N) is 4. The molecule has 0 saturated carbocycles. The van der Waals surface area contributed by atoms with Crippen LogP contribution in [-0.4, -0.2) is 88.4 Å². The predicted octanol–water partition coefficient (Wildman–Crippen LogP) is 4.73. The van der Waals surface area contributed by atoms with Crippen LogP contribution in [-0.2, 0) is 9.47 Å². The third-order valence-electron chi connectivity index (χ3n) is 7.53. The molecule has 0 amide bonds. The van der Waals surface area contributed by atoms with E-state index in [0.717, 1.165) is 75.9 Å². The van der Waals surface area contributed by atoms with E-state index in [9.17, 15) is 0 Å². The van der Waals surface area contributed by atoms with Gasteiger partial charge in [-0.05, 0) is 45.9 Å². The average Bonchev–Trinajstić information content (AvgIpc) is 2.93. The van der Waals surface area contributed by atoms with Crippen LogP contribution >= 0.6 is 0 Å². The van der Waals surface area contributed by atoms with E-state index in [1.54, 1.807) is 7.11 Å². The van der Waals surface area contributed by atoms with Gasteiger partial charge in [0.1, 0.15) is 18.2 Å². The first-order chi connectivity index (χ1) is 18.0. The first-order valence-corrected chi connectivity index (χ1v) is 13.7. The summed E-state index contributed by atoms with van der Waals surface area (Å²) in [5, 5.41) is 0. The van der Waals surface area contributed by atoms with Gasteiger partial charge in [-0.2, -0.15) is 0 Å². The molecule has 0 spiro atoms. The summed E-state index contributed by atoms with van der Waals surface area (Å²) in [4.78, 5) is 11.7. The second-order valence-electron chi connectivity index (χ2n) is 10.2. The molecule has 0 radical (unpaired) electrons. The fourth-order valence-electron chi connectivity index (χ4n) is 5.36. The van der Waals surface area contributed by atoms with Crippen LogP contribution < -0.4 is 9.64 Å². The second kappa shape index (κ2) is 13.3. The Morgan fingerprint density at radius 2 is 1.92 bits per heavy atom. The Morgan fingerprint density at radius 3 is 2.65 bits per heavy atom. The molecule has 5 rings (SSSR count). The summed E-state index contributed by atoms with van der Waals surface area (Å²) in [5.74, 6) is 2.39. The third-order valence-corrected chi connectivity index (χ3v) is 7.53. The molecule has 0 bridgehead atoms. The SMILES string of the molecule is CCOC(CC)CN1COC2=C(C=C(C)C3CC=CN=C23)C1.COc1ccccc1N1CCN(C)CC1. The predicted molar refractivity (Wildman–Crippen MR) is 151 cm³/mol. The summed E-state index contributed by atoms with van der Waals surface area (Å²) in [6.45, 7) is 14.1. The van der Waals surface area contributed by atoms with Gasteiger partial charge in [0.05, 0.1) is 24.6 Å². The molecule has 1 aromatic carbocycles. The van der Waals surface area contributed by atoms with Crippen LogP contribution in [0, 0.1) is 5.92 Å². The van der Waals surface area contributed by atoms with Gasteiger partial charge >= 0.3 is 0 Å². The Bertz CT molecular complexity index is 1020. The number of methoxy groups -OCH3 is 1. The number of likely N-dealkylation sites (N-methyl/N-ethyl adjacent to an activating group) is 1. The number of allylic oxidation sites excluding steroid dienone is 3. The number of hydrogen-bond donors (Lipinski definition) is 0. The Hall–Kier alpha value is -2.61. The fraction of sp³-hybridized carbons (Fsp3) is 0.567. The van der Waals surface area contributed by atoms with E-state index in [-0.39, 0.29) is 6.10 Å². The maximum atomic E-state index is 6.08. The molecule has 2 atom stereocenters. The van der Waals surface area contributed by atoms with Crippen molar-refractivity contribution in [1.29, 1.82) is 0 Å². The quantitative estimate of drug-likeness (QED) is 0.531. The van der Waals surface area contributed by atoms with E-state index >= 15 is 0 Å². The lowest BCUT2D eigenvalue weighted by Gasteiger charge is -2.37. The summed E-state index contributed by atoms with van der Waals surface area (Å²) >= 11 is 0. The standard InChI is InChI=1S/C18H26N2O2.C12H18N2O/c1-4-15(21-5-2)11-20-10-14-9-13(3)16-7-6-8-19-17(16)18(14)22-12-20;1-13-7-9-14(10-8-13)11-5-3-4-6-12(11)15-2/h6,8-9,15-16H,4-5,7,10-12H2,1-3H3;3-6H,7-10H2,1-2H3.